The Morgan fingerprint density at radius 3 is 2.64 bits per heavy atom. The van der Waals surface area contributed by atoms with Crippen LogP contribution >= 0.6 is 0 Å². The van der Waals surface area contributed by atoms with Crippen molar-refractivity contribution in [2.45, 2.75) is 20.3 Å². The fraction of sp³-hybridized carbons (Fsp3) is 0.188. The van der Waals surface area contributed by atoms with E-state index in [0.717, 1.165) is 17.0 Å². The largest absolute Gasteiger partial charge is 0.456 e. The molecule has 1 amide bonds. The fourth-order valence-corrected chi connectivity index (χ4v) is 2.15. The summed E-state index contributed by atoms with van der Waals surface area (Å²) in [7, 11) is 0. The first-order chi connectivity index (χ1) is 10.6. The molecule has 1 N–H and O–H groups in total. The maximum Gasteiger partial charge on any atom is 0.291 e. The number of carbonyl (C=O) groups is 1. The molecule has 3 rings (SSSR count). The molecule has 0 saturated carbocycles. The van der Waals surface area contributed by atoms with Crippen LogP contribution in [0.2, 0.25) is 0 Å². The zero-order valence-electron chi connectivity index (χ0n) is 12.3. The normalized spacial score (nSPS) is 10.6. The number of rotatable bonds is 4. The average Bonchev–Trinajstić information content (AvgIpc) is 3.11. The monoisotopic (exact) mass is 297 g/mol. The van der Waals surface area contributed by atoms with Crippen LogP contribution in [-0.2, 0) is 6.42 Å². The molecule has 0 aliphatic heterocycles. The van der Waals surface area contributed by atoms with Crippen LogP contribution in [0, 0.1) is 13.8 Å². The Morgan fingerprint density at radius 1 is 1.18 bits per heavy atom. The van der Waals surface area contributed by atoms with Crippen molar-refractivity contribution in [2.75, 3.05) is 5.32 Å². The molecular weight excluding hydrogens is 282 g/mol. The molecule has 0 spiro atoms. The standard InChI is InChI=1S/C16H15N3O3/c1-10-14(11(2)22-19-10)9-13-3-4-15(21-13)16(20)18-12-5-7-17-8-6-12/h3-8H,9H2,1-2H3,(H,17,18,20). The van der Waals surface area contributed by atoms with E-state index in [-0.39, 0.29) is 11.7 Å². The van der Waals surface area contributed by atoms with Gasteiger partial charge in [-0.1, -0.05) is 5.16 Å². The number of anilines is 1. The summed E-state index contributed by atoms with van der Waals surface area (Å²) < 4.78 is 10.7. The molecule has 0 unspecified atom stereocenters. The molecule has 0 aliphatic rings. The van der Waals surface area contributed by atoms with Gasteiger partial charge in [0.25, 0.3) is 5.91 Å². The highest BCUT2D eigenvalue weighted by Gasteiger charge is 2.15. The molecular formula is C16H15N3O3. The molecule has 0 aliphatic carbocycles. The van der Waals surface area contributed by atoms with E-state index in [1.807, 2.05) is 13.8 Å². The van der Waals surface area contributed by atoms with E-state index in [4.69, 9.17) is 8.94 Å². The maximum absolute atomic E-state index is 12.1. The Morgan fingerprint density at radius 2 is 1.95 bits per heavy atom. The van der Waals surface area contributed by atoms with Crippen molar-refractivity contribution in [3.63, 3.8) is 0 Å². The molecule has 112 valence electrons. The summed E-state index contributed by atoms with van der Waals surface area (Å²) in [6.45, 7) is 3.74. The second-order valence-electron chi connectivity index (χ2n) is 4.94. The number of amides is 1. The molecule has 0 aromatic carbocycles. The Labute approximate surface area is 127 Å². The van der Waals surface area contributed by atoms with E-state index in [1.165, 1.54) is 0 Å². The predicted molar refractivity (Wildman–Crippen MR) is 79.7 cm³/mol. The summed E-state index contributed by atoms with van der Waals surface area (Å²) >= 11 is 0. The van der Waals surface area contributed by atoms with Gasteiger partial charge in [-0.3, -0.25) is 9.78 Å². The van der Waals surface area contributed by atoms with Gasteiger partial charge in [-0.25, -0.2) is 0 Å². The molecule has 0 radical (unpaired) electrons. The average molecular weight is 297 g/mol. The zero-order valence-corrected chi connectivity index (χ0v) is 12.3. The van der Waals surface area contributed by atoms with Gasteiger partial charge < -0.3 is 14.3 Å². The third-order valence-electron chi connectivity index (χ3n) is 3.36. The van der Waals surface area contributed by atoms with Crippen molar-refractivity contribution < 1.29 is 13.7 Å². The predicted octanol–water partition coefficient (Wildman–Crippen LogP) is 3.12. The minimum absolute atomic E-state index is 0.263. The van der Waals surface area contributed by atoms with Crippen molar-refractivity contribution in [3.8, 4) is 0 Å². The third-order valence-corrected chi connectivity index (χ3v) is 3.36. The fourth-order valence-electron chi connectivity index (χ4n) is 2.15. The van der Waals surface area contributed by atoms with Gasteiger partial charge in [0.2, 0.25) is 0 Å². The van der Waals surface area contributed by atoms with Gasteiger partial charge in [-0.05, 0) is 38.1 Å². The molecule has 6 nitrogen and oxygen atoms in total. The van der Waals surface area contributed by atoms with Crippen molar-refractivity contribution >= 4 is 11.6 Å². The molecule has 0 bridgehead atoms. The van der Waals surface area contributed by atoms with Gasteiger partial charge in [-0.2, -0.15) is 0 Å². The van der Waals surface area contributed by atoms with E-state index in [9.17, 15) is 4.79 Å². The van der Waals surface area contributed by atoms with E-state index in [1.54, 1.807) is 36.7 Å². The number of pyridine rings is 1. The van der Waals surface area contributed by atoms with Crippen LogP contribution < -0.4 is 5.32 Å². The first kappa shape index (κ1) is 14.1. The lowest BCUT2D eigenvalue weighted by atomic mass is 10.1. The van der Waals surface area contributed by atoms with Gasteiger partial charge in [-0.15, -0.1) is 0 Å². The molecule has 0 fully saturated rings. The SMILES string of the molecule is Cc1noc(C)c1Cc1ccc(C(=O)Nc2ccncc2)o1. The van der Waals surface area contributed by atoms with Crippen LogP contribution in [0.15, 0.2) is 45.6 Å². The summed E-state index contributed by atoms with van der Waals surface area (Å²) in [6, 6.07) is 6.87. The molecule has 3 aromatic rings. The third kappa shape index (κ3) is 2.90. The van der Waals surface area contributed by atoms with Gasteiger partial charge >= 0.3 is 0 Å². The Hall–Kier alpha value is -2.89. The lowest BCUT2D eigenvalue weighted by Crippen LogP contribution is -2.10. The van der Waals surface area contributed by atoms with Crippen LogP contribution in [-0.4, -0.2) is 16.0 Å². The number of aryl methyl sites for hydroxylation is 2. The van der Waals surface area contributed by atoms with Crippen LogP contribution in [0.5, 0.6) is 0 Å². The lowest BCUT2D eigenvalue weighted by molar-refractivity contribution is 0.0995. The van der Waals surface area contributed by atoms with E-state index in [2.05, 4.69) is 15.5 Å². The number of nitrogens with one attached hydrogen (secondary N) is 1. The van der Waals surface area contributed by atoms with Crippen molar-refractivity contribution in [1.82, 2.24) is 10.1 Å². The first-order valence-electron chi connectivity index (χ1n) is 6.85. The van der Waals surface area contributed by atoms with Gasteiger partial charge in [0.1, 0.15) is 11.5 Å². The highest BCUT2D eigenvalue weighted by atomic mass is 16.5. The Balaban J connectivity index is 1.72. The van der Waals surface area contributed by atoms with Crippen molar-refractivity contribution in [1.29, 1.82) is 0 Å². The van der Waals surface area contributed by atoms with Crippen molar-refractivity contribution in [2.24, 2.45) is 0 Å². The number of carbonyl (C=O) groups excluding carboxylic acids is 1. The van der Waals surface area contributed by atoms with Crippen LogP contribution in [0.1, 0.15) is 33.3 Å². The van der Waals surface area contributed by atoms with Crippen LogP contribution in [0.25, 0.3) is 0 Å². The number of hydrogen-bond donors (Lipinski definition) is 1. The molecule has 3 heterocycles. The highest BCUT2D eigenvalue weighted by Crippen LogP contribution is 2.19. The lowest BCUT2D eigenvalue weighted by Gasteiger charge is -2.02. The highest BCUT2D eigenvalue weighted by molar-refractivity contribution is 6.02. The smallest absolute Gasteiger partial charge is 0.291 e. The number of nitrogens with zero attached hydrogens (tertiary/aromatic N) is 2. The minimum atomic E-state index is -0.295. The van der Waals surface area contributed by atoms with Crippen LogP contribution in [0.3, 0.4) is 0 Å². The van der Waals surface area contributed by atoms with E-state index >= 15 is 0 Å². The Kier molecular flexibility index (Phi) is 3.74. The zero-order chi connectivity index (χ0) is 15.5. The molecule has 0 atom stereocenters. The van der Waals surface area contributed by atoms with Crippen LogP contribution in [0.4, 0.5) is 5.69 Å². The summed E-state index contributed by atoms with van der Waals surface area (Å²) in [5.74, 6) is 1.42. The first-order valence-corrected chi connectivity index (χ1v) is 6.85. The summed E-state index contributed by atoms with van der Waals surface area (Å²) in [4.78, 5) is 16.0. The summed E-state index contributed by atoms with van der Waals surface area (Å²) in [5, 5.41) is 6.66. The maximum atomic E-state index is 12.1. The minimum Gasteiger partial charge on any atom is -0.456 e. The van der Waals surface area contributed by atoms with Gasteiger partial charge in [0, 0.05) is 30.1 Å². The van der Waals surface area contributed by atoms with E-state index in [0.29, 0.717) is 17.9 Å². The number of furan rings is 1. The number of hydrogen-bond acceptors (Lipinski definition) is 5. The van der Waals surface area contributed by atoms with E-state index < -0.39 is 0 Å². The second-order valence-corrected chi connectivity index (χ2v) is 4.94. The number of aromatic nitrogens is 2. The topological polar surface area (TPSA) is 81.2 Å². The summed E-state index contributed by atoms with van der Waals surface area (Å²) in [5.41, 5.74) is 2.48. The molecule has 22 heavy (non-hydrogen) atoms. The molecule has 6 heteroatoms. The quantitative estimate of drug-likeness (QED) is 0.800. The van der Waals surface area contributed by atoms with Gasteiger partial charge in [0.15, 0.2) is 5.76 Å². The van der Waals surface area contributed by atoms with Crippen molar-refractivity contribution in [3.05, 3.63) is 65.2 Å². The van der Waals surface area contributed by atoms with Gasteiger partial charge in [0.05, 0.1) is 5.69 Å². The summed E-state index contributed by atoms with van der Waals surface area (Å²) in [6.07, 6.45) is 3.77. The second kappa shape index (κ2) is 5.85. The molecule has 3 aromatic heterocycles. The molecule has 0 saturated heterocycles. The Bertz CT molecular complexity index is 771.